The average Bonchev–Trinajstić information content (AvgIpc) is 2.64. The van der Waals surface area contributed by atoms with Crippen LogP contribution in [0.25, 0.3) is 0 Å². The predicted molar refractivity (Wildman–Crippen MR) is 57.5 cm³/mol. The highest BCUT2D eigenvalue weighted by molar-refractivity contribution is 7.90. The van der Waals surface area contributed by atoms with Crippen molar-refractivity contribution in [2.75, 3.05) is 13.4 Å². The molecule has 2 N–H and O–H groups in total. The number of hydrogen-bond acceptors (Lipinski definition) is 5. The predicted octanol–water partition coefficient (Wildman–Crippen LogP) is -0.608. The third-order valence-electron chi connectivity index (χ3n) is 2.06. The van der Waals surface area contributed by atoms with Gasteiger partial charge in [-0.3, -0.25) is 4.79 Å². The molecule has 0 saturated carbocycles. The fraction of sp³-hybridized carbons (Fsp3) is 0.444. The van der Waals surface area contributed by atoms with E-state index in [2.05, 4.69) is 4.74 Å². The standard InChI is InChI=1S/C9H14N2O4S/c1-15-9(12)8(10)6-11-4-3-7(5-11)16(2,13)14/h3-5,8H,6,10H2,1-2H3. The van der Waals surface area contributed by atoms with Gasteiger partial charge in [0, 0.05) is 25.2 Å². The lowest BCUT2D eigenvalue weighted by Gasteiger charge is -2.09. The third-order valence-corrected chi connectivity index (χ3v) is 3.16. The van der Waals surface area contributed by atoms with Gasteiger partial charge >= 0.3 is 5.97 Å². The van der Waals surface area contributed by atoms with Gasteiger partial charge in [0.1, 0.15) is 6.04 Å². The van der Waals surface area contributed by atoms with E-state index < -0.39 is 21.8 Å². The fourth-order valence-electron chi connectivity index (χ4n) is 1.20. The van der Waals surface area contributed by atoms with Crippen LogP contribution in [0.3, 0.4) is 0 Å². The van der Waals surface area contributed by atoms with Crippen molar-refractivity contribution in [1.82, 2.24) is 4.57 Å². The van der Waals surface area contributed by atoms with Crippen molar-refractivity contribution in [2.24, 2.45) is 5.73 Å². The summed E-state index contributed by atoms with van der Waals surface area (Å²) in [6, 6.07) is 0.657. The van der Waals surface area contributed by atoms with Gasteiger partial charge in [0.25, 0.3) is 0 Å². The number of nitrogens with zero attached hydrogens (tertiary/aromatic N) is 1. The highest BCUT2D eigenvalue weighted by Crippen LogP contribution is 2.09. The van der Waals surface area contributed by atoms with E-state index in [1.54, 1.807) is 6.20 Å². The molecular weight excluding hydrogens is 232 g/mol. The summed E-state index contributed by atoms with van der Waals surface area (Å²) in [5.41, 5.74) is 5.53. The van der Waals surface area contributed by atoms with Crippen LogP contribution < -0.4 is 5.73 Å². The van der Waals surface area contributed by atoms with Gasteiger partial charge in [0.15, 0.2) is 9.84 Å². The van der Waals surface area contributed by atoms with E-state index in [9.17, 15) is 13.2 Å². The molecule has 6 nitrogen and oxygen atoms in total. The van der Waals surface area contributed by atoms with E-state index in [0.29, 0.717) is 0 Å². The van der Waals surface area contributed by atoms with Gasteiger partial charge < -0.3 is 15.0 Å². The lowest BCUT2D eigenvalue weighted by Crippen LogP contribution is -2.35. The Morgan fingerprint density at radius 2 is 2.25 bits per heavy atom. The number of nitrogens with two attached hydrogens (primary N) is 1. The molecule has 1 atom stereocenters. The Morgan fingerprint density at radius 1 is 1.62 bits per heavy atom. The number of aromatic nitrogens is 1. The van der Waals surface area contributed by atoms with Crippen molar-refractivity contribution in [3.63, 3.8) is 0 Å². The van der Waals surface area contributed by atoms with Crippen molar-refractivity contribution in [1.29, 1.82) is 0 Å². The van der Waals surface area contributed by atoms with E-state index >= 15 is 0 Å². The number of carbonyl (C=O) groups excluding carboxylic acids is 1. The molecule has 7 heteroatoms. The highest BCUT2D eigenvalue weighted by Gasteiger charge is 2.15. The molecule has 0 spiro atoms. The van der Waals surface area contributed by atoms with Crippen molar-refractivity contribution < 1.29 is 17.9 Å². The van der Waals surface area contributed by atoms with Crippen LogP contribution in [0.15, 0.2) is 23.4 Å². The molecule has 0 radical (unpaired) electrons. The maximum Gasteiger partial charge on any atom is 0.324 e. The quantitative estimate of drug-likeness (QED) is 0.716. The molecule has 0 aromatic carbocycles. The van der Waals surface area contributed by atoms with Gasteiger partial charge in [-0.25, -0.2) is 8.42 Å². The zero-order chi connectivity index (χ0) is 12.3. The van der Waals surface area contributed by atoms with Crippen LogP contribution in [0.5, 0.6) is 0 Å². The smallest absolute Gasteiger partial charge is 0.324 e. The minimum atomic E-state index is -3.22. The van der Waals surface area contributed by atoms with E-state index in [1.807, 2.05) is 0 Å². The van der Waals surface area contributed by atoms with Gasteiger partial charge in [0.05, 0.1) is 12.0 Å². The number of esters is 1. The Kier molecular flexibility index (Phi) is 3.71. The maximum atomic E-state index is 11.2. The summed E-state index contributed by atoms with van der Waals surface area (Å²) in [4.78, 5) is 11.2. The normalized spacial score (nSPS) is 13.4. The molecule has 0 amide bonds. The molecule has 0 saturated heterocycles. The molecule has 0 bridgehead atoms. The average molecular weight is 246 g/mol. The minimum absolute atomic E-state index is 0.183. The van der Waals surface area contributed by atoms with Gasteiger partial charge in [-0.2, -0.15) is 0 Å². The fourth-order valence-corrected chi connectivity index (χ4v) is 1.84. The van der Waals surface area contributed by atoms with Crippen LogP contribution in [0.2, 0.25) is 0 Å². The molecule has 0 aliphatic carbocycles. The molecule has 1 rings (SSSR count). The first-order chi connectivity index (χ1) is 7.34. The number of hydrogen-bond donors (Lipinski definition) is 1. The molecule has 1 unspecified atom stereocenters. The summed E-state index contributed by atoms with van der Waals surface area (Å²) in [6.07, 6.45) is 4.10. The summed E-state index contributed by atoms with van der Waals surface area (Å²) in [5.74, 6) is -0.533. The molecule has 90 valence electrons. The van der Waals surface area contributed by atoms with Crippen LogP contribution in [-0.2, 0) is 25.9 Å². The second kappa shape index (κ2) is 4.67. The largest absolute Gasteiger partial charge is 0.468 e. The van der Waals surface area contributed by atoms with Gasteiger partial charge in [-0.15, -0.1) is 0 Å². The number of rotatable bonds is 4. The minimum Gasteiger partial charge on any atom is -0.468 e. The lowest BCUT2D eigenvalue weighted by molar-refractivity contribution is -0.142. The van der Waals surface area contributed by atoms with E-state index in [4.69, 9.17) is 5.73 Å². The number of sulfone groups is 1. The van der Waals surface area contributed by atoms with Gasteiger partial charge in [-0.05, 0) is 6.07 Å². The number of methoxy groups -OCH3 is 1. The molecule has 0 aliphatic rings. The topological polar surface area (TPSA) is 91.4 Å². The van der Waals surface area contributed by atoms with E-state index in [0.717, 1.165) is 6.26 Å². The monoisotopic (exact) mass is 246 g/mol. The first-order valence-electron chi connectivity index (χ1n) is 4.54. The summed E-state index contributed by atoms with van der Waals surface area (Å²) >= 11 is 0. The number of carbonyl (C=O) groups is 1. The van der Waals surface area contributed by atoms with Crippen molar-refractivity contribution in [3.05, 3.63) is 18.5 Å². The highest BCUT2D eigenvalue weighted by atomic mass is 32.2. The molecule has 0 fully saturated rings. The Labute approximate surface area is 93.9 Å². The van der Waals surface area contributed by atoms with Gasteiger partial charge in [-0.1, -0.05) is 0 Å². The summed E-state index contributed by atoms with van der Waals surface area (Å²) in [6.45, 7) is 0.183. The van der Waals surface area contributed by atoms with E-state index in [-0.39, 0.29) is 11.4 Å². The summed E-state index contributed by atoms with van der Waals surface area (Å²) in [5, 5.41) is 0. The van der Waals surface area contributed by atoms with Gasteiger partial charge in [0.2, 0.25) is 0 Å². The van der Waals surface area contributed by atoms with Crippen molar-refractivity contribution in [3.8, 4) is 0 Å². The molecule has 1 heterocycles. The van der Waals surface area contributed by atoms with Crippen LogP contribution in [0.1, 0.15) is 0 Å². The molecule has 16 heavy (non-hydrogen) atoms. The molecule has 0 aliphatic heterocycles. The summed E-state index contributed by atoms with van der Waals surface area (Å²) in [7, 11) is -1.97. The lowest BCUT2D eigenvalue weighted by atomic mass is 10.3. The Hall–Kier alpha value is -1.34. The van der Waals surface area contributed by atoms with Crippen LogP contribution >= 0.6 is 0 Å². The first-order valence-corrected chi connectivity index (χ1v) is 6.43. The van der Waals surface area contributed by atoms with Crippen LogP contribution in [0.4, 0.5) is 0 Å². The Morgan fingerprint density at radius 3 is 2.69 bits per heavy atom. The van der Waals surface area contributed by atoms with Crippen LogP contribution in [0, 0.1) is 0 Å². The second-order valence-electron chi connectivity index (χ2n) is 3.45. The van der Waals surface area contributed by atoms with E-state index in [1.165, 1.54) is 23.9 Å². The molecule has 1 aromatic heterocycles. The zero-order valence-electron chi connectivity index (χ0n) is 9.08. The molecular formula is C9H14N2O4S. The Balaban J connectivity index is 2.77. The molecule has 1 aromatic rings. The maximum absolute atomic E-state index is 11.2. The number of ether oxygens (including phenoxy) is 1. The second-order valence-corrected chi connectivity index (χ2v) is 5.46. The zero-order valence-corrected chi connectivity index (χ0v) is 9.90. The Bertz CT molecular complexity index is 477. The van der Waals surface area contributed by atoms with Crippen molar-refractivity contribution in [2.45, 2.75) is 17.5 Å². The third kappa shape index (κ3) is 3.07. The van der Waals surface area contributed by atoms with Crippen molar-refractivity contribution >= 4 is 15.8 Å². The first kappa shape index (κ1) is 12.7. The SMILES string of the molecule is COC(=O)C(N)Cn1ccc(S(C)(=O)=O)c1. The summed E-state index contributed by atoms with van der Waals surface area (Å²) < 4.78 is 28.4. The van der Waals surface area contributed by atoms with Crippen LogP contribution in [-0.4, -0.2) is 38.4 Å².